The molecule has 136 valence electrons. The van der Waals surface area contributed by atoms with Crippen LogP contribution in [-0.2, 0) is 16.2 Å². The van der Waals surface area contributed by atoms with E-state index in [1.54, 1.807) is 12.1 Å². The van der Waals surface area contributed by atoms with Crippen LogP contribution in [0.1, 0.15) is 31.2 Å². The molecular weight excluding hydrogens is 356 g/mol. The fourth-order valence-corrected chi connectivity index (χ4v) is 2.91. The van der Waals surface area contributed by atoms with Crippen LogP contribution in [0.2, 0.25) is 5.02 Å². The summed E-state index contributed by atoms with van der Waals surface area (Å²) in [4.78, 5) is 20.5. The van der Waals surface area contributed by atoms with E-state index in [4.69, 9.17) is 16.4 Å². The third kappa shape index (κ3) is 4.01. The molecule has 2 heterocycles. The molecule has 0 unspecified atom stereocenters. The lowest BCUT2D eigenvalue weighted by Crippen LogP contribution is -2.20. The van der Waals surface area contributed by atoms with Crippen LogP contribution in [-0.4, -0.2) is 45.0 Å². The Bertz CT molecular complexity index is 809. The molecule has 0 spiro atoms. The minimum atomic E-state index is -0.291. The van der Waals surface area contributed by atoms with Crippen molar-refractivity contribution in [2.24, 2.45) is 11.1 Å². The molecule has 2 aromatic rings. The first-order valence-electron chi connectivity index (χ1n) is 8.75. The van der Waals surface area contributed by atoms with Crippen LogP contribution < -0.4 is 4.90 Å². The molecular formula is C17H19ClN6O2. The van der Waals surface area contributed by atoms with Gasteiger partial charge in [-0.25, -0.2) is 4.79 Å². The molecule has 2 aliphatic rings. The number of oxime groups is 1. The van der Waals surface area contributed by atoms with Crippen LogP contribution in [0.3, 0.4) is 0 Å². The zero-order chi connectivity index (χ0) is 17.9. The van der Waals surface area contributed by atoms with E-state index in [9.17, 15) is 4.79 Å². The molecule has 1 aromatic heterocycles. The van der Waals surface area contributed by atoms with E-state index in [2.05, 4.69) is 25.5 Å². The summed E-state index contributed by atoms with van der Waals surface area (Å²) in [7, 11) is 0. The fraction of sp³-hybridized carbons (Fsp3) is 0.471. The second-order valence-electron chi connectivity index (χ2n) is 6.54. The van der Waals surface area contributed by atoms with Gasteiger partial charge in [0, 0.05) is 23.7 Å². The van der Waals surface area contributed by atoms with E-state index in [0.29, 0.717) is 16.7 Å². The third-order valence-electron chi connectivity index (χ3n) is 4.46. The number of benzene rings is 1. The molecule has 8 nitrogen and oxygen atoms in total. The number of anilines is 1. The van der Waals surface area contributed by atoms with Gasteiger partial charge in [-0.05, 0) is 43.0 Å². The summed E-state index contributed by atoms with van der Waals surface area (Å²) in [6.45, 7) is 2.14. The molecule has 0 radical (unpaired) electrons. The molecule has 2 fully saturated rings. The van der Waals surface area contributed by atoms with Gasteiger partial charge in [0.05, 0.1) is 5.92 Å². The third-order valence-corrected chi connectivity index (χ3v) is 4.71. The minimum Gasteiger partial charge on any atom is -0.338 e. The van der Waals surface area contributed by atoms with Crippen molar-refractivity contribution >= 4 is 29.2 Å². The van der Waals surface area contributed by atoms with Crippen molar-refractivity contribution in [1.29, 1.82) is 0 Å². The quantitative estimate of drug-likeness (QED) is 0.438. The Morgan fingerprint density at radius 2 is 1.96 bits per heavy atom. The van der Waals surface area contributed by atoms with Gasteiger partial charge < -0.3 is 9.74 Å². The van der Waals surface area contributed by atoms with E-state index < -0.39 is 0 Å². The molecule has 0 amide bonds. The van der Waals surface area contributed by atoms with Gasteiger partial charge in [0.15, 0.2) is 0 Å². The van der Waals surface area contributed by atoms with Gasteiger partial charge in [-0.2, -0.15) is 4.80 Å². The molecule has 1 aromatic carbocycles. The Kier molecular flexibility index (Phi) is 4.83. The van der Waals surface area contributed by atoms with Crippen molar-refractivity contribution in [3.05, 3.63) is 34.9 Å². The fourth-order valence-electron chi connectivity index (χ4n) is 2.79. The average molecular weight is 375 g/mol. The van der Waals surface area contributed by atoms with E-state index in [-0.39, 0.29) is 18.4 Å². The van der Waals surface area contributed by atoms with Crippen molar-refractivity contribution in [2.45, 2.75) is 32.2 Å². The monoisotopic (exact) mass is 374 g/mol. The number of aromatic nitrogens is 4. The summed E-state index contributed by atoms with van der Waals surface area (Å²) in [6, 6.07) is 7.17. The predicted octanol–water partition coefficient (Wildman–Crippen LogP) is 2.28. The van der Waals surface area contributed by atoms with Gasteiger partial charge in [-0.15, -0.1) is 5.10 Å². The Morgan fingerprint density at radius 3 is 2.65 bits per heavy atom. The maximum atomic E-state index is 11.8. The minimum absolute atomic E-state index is 0.0171. The highest BCUT2D eigenvalue weighted by Gasteiger charge is 2.32. The number of hydrogen-bond acceptors (Lipinski definition) is 7. The highest BCUT2D eigenvalue weighted by Crippen LogP contribution is 2.30. The molecule has 1 aliphatic carbocycles. The Labute approximate surface area is 155 Å². The van der Waals surface area contributed by atoms with Crippen molar-refractivity contribution in [3.8, 4) is 0 Å². The first-order valence-corrected chi connectivity index (χ1v) is 9.13. The second kappa shape index (κ2) is 7.41. The summed E-state index contributed by atoms with van der Waals surface area (Å²) in [5.41, 5.74) is 1.33. The number of tetrazole rings is 1. The van der Waals surface area contributed by atoms with Gasteiger partial charge in [0.2, 0.25) is 0 Å². The zero-order valence-corrected chi connectivity index (χ0v) is 15.0. The molecule has 0 N–H and O–H groups in total. The van der Waals surface area contributed by atoms with Crippen LogP contribution in [0, 0.1) is 5.92 Å². The number of carbonyl (C=O) groups is 1. The lowest BCUT2D eigenvalue weighted by molar-refractivity contribution is -0.145. The number of nitrogens with zero attached hydrogens (tertiary/aromatic N) is 6. The van der Waals surface area contributed by atoms with Gasteiger partial charge in [0.25, 0.3) is 5.95 Å². The summed E-state index contributed by atoms with van der Waals surface area (Å²) < 4.78 is 0. The topological polar surface area (TPSA) is 85.5 Å². The Morgan fingerprint density at radius 1 is 1.23 bits per heavy atom. The van der Waals surface area contributed by atoms with Crippen LogP contribution in [0.5, 0.6) is 0 Å². The van der Waals surface area contributed by atoms with E-state index in [1.165, 1.54) is 4.80 Å². The normalized spacial score (nSPS) is 17.6. The maximum Gasteiger partial charge on any atom is 0.338 e. The Hall–Kier alpha value is -2.48. The molecule has 1 aliphatic heterocycles. The molecule has 9 heteroatoms. The van der Waals surface area contributed by atoms with E-state index in [1.807, 2.05) is 12.1 Å². The van der Waals surface area contributed by atoms with Gasteiger partial charge in [-0.3, -0.25) is 0 Å². The van der Waals surface area contributed by atoms with Gasteiger partial charge >= 0.3 is 5.97 Å². The van der Waals surface area contributed by atoms with Crippen molar-refractivity contribution in [3.63, 3.8) is 0 Å². The maximum absolute atomic E-state index is 11.8. The van der Waals surface area contributed by atoms with E-state index in [0.717, 1.165) is 44.3 Å². The van der Waals surface area contributed by atoms with Crippen LogP contribution >= 0.6 is 11.6 Å². The SMILES string of the molecule is O=C(ON=C(Cn1nnc(N2CCCC2)n1)c1ccc(Cl)cc1)C1CC1. The van der Waals surface area contributed by atoms with Crippen LogP contribution in [0.4, 0.5) is 5.95 Å². The molecule has 4 rings (SSSR count). The smallest absolute Gasteiger partial charge is 0.338 e. The van der Waals surface area contributed by atoms with E-state index >= 15 is 0 Å². The molecule has 1 saturated heterocycles. The number of halogens is 1. The lowest BCUT2D eigenvalue weighted by atomic mass is 10.1. The van der Waals surface area contributed by atoms with Crippen molar-refractivity contribution < 1.29 is 9.63 Å². The van der Waals surface area contributed by atoms with Crippen LogP contribution in [0.15, 0.2) is 29.4 Å². The number of hydrogen-bond donors (Lipinski definition) is 0. The zero-order valence-electron chi connectivity index (χ0n) is 14.2. The molecule has 0 atom stereocenters. The predicted molar refractivity (Wildman–Crippen MR) is 96.1 cm³/mol. The highest BCUT2D eigenvalue weighted by atomic mass is 35.5. The largest absolute Gasteiger partial charge is 0.338 e. The summed E-state index contributed by atoms with van der Waals surface area (Å²) in [6.07, 6.45) is 4.02. The van der Waals surface area contributed by atoms with Gasteiger partial charge in [0.1, 0.15) is 12.3 Å². The lowest BCUT2D eigenvalue weighted by Gasteiger charge is -2.10. The first-order chi connectivity index (χ1) is 12.7. The Balaban J connectivity index is 1.52. The van der Waals surface area contributed by atoms with Gasteiger partial charge in [-0.1, -0.05) is 34.0 Å². The first kappa shape index (κ1) is 17.0. The average Bonchev–Trinajstić information content (AvgIpc) is 3.16. The molecule has 1 saturated carbocycles. The highest BCUT2D eigenvalue weighted by molar-refractivity contribution is 6.30. The van der Waals surface area contributed by atoms with Crippen molar-refractivity contribution in [1.82, 2.24) is 20.2 Å². The van der Waals surface area contributed by atoms with Crippen LogP contribution in [0.25, 0.3) is 0 Å². The second-order valence-corrected chi connectivity index (χ2v) is 6.98. The summed E-state index contributed by atoms with van der Waals surface area (Å²) in [5, 5.41) is 17.3. The summed E-state index contributed by atoms with van der Waals surface area (Å²) >= 11 is 5.96. The molecule has 0 bridgehead atoms. The number of rotatable bonds is 6. The summed E-state index contributed by atoms with van der Waals surface area (Å²) in [5.74, 6) is 0.310. The number of carbonyl (C=O) groups excluding carboxylic acids is 1. The van der Waals surface area contributed by atoms with Crippen molar-refractivity contribution in [2.75, 3.05) is 18.0 Å². The standard InChI is InChI=1S/C17H19ClN6O2/c18-14-7-5-12(6-8-14)15(21-26-16(25)13-3-4-13)11-24-20-17(19-22-24)23-9-1-2-10-23/h5-8,13H,1-4,9-11H2. The molecule has 26 heavy (non-hydrogen) atoms.